The Morgan fingerprint density at radius 3 is 1.19 bits per heavy atom. The Labute approximate surface area is 373 Å². The zero-order valence-electron chi connectivity index (χ0n) is 37.9. The number of carboxylic acid groups (broad SMARTS) is 3. The minimum atomic E-state index is -4.17. The third-order valence-corrected chi connectivity index (χ3v) is 12.2. The molecule has 0 saturated heterocycles. The first kappa shape index (κ1) is 65.8. The second kappa shape index (κ2) is 34.6. The number of hydrogen-bond acceptors (Lipinski definition) is 17. The molecule has 370 valence electrons. The van der Waals surface area contributed by atoms with E-state index in [9.17, 15) is 38.4 Å². The van der Waals surface area contributed by atoms with Gasteiger partial charge in [-0.1, -0.05) is 62.8 Å². The molecular formula is C38H78N6O17Si2. The lowest BCUT2D eigenvalue weighted by Gasteiger charge is -2.24. The van der Waals surface area contributed by atoms with Crippen molar-refractivity contribution in [3.63, 3.8) is 0 Å². The van der Waals surface area contributed by atoms with Gasteiger partial charge < -0.3 is 75.3 Å². The van der Waals surface area contributed by atoms with Gasteiger partial charge in [0, 0.05) is 63.9 Å². The fourth-order valence-corrected chi connectivity index (χ4v) is 7.66. The van der Waals surface area contributed by atoms with Crippen molar-refractivity contribution in [2.24, 2.45) is 17.6 Å². The average Bonchev–Trinajstić information content (AvgIpc) is 3.14. The standard InChI is InChI=1S/C17H33N3O8Si.C14H24N2O6.C6H17NO3Si.CH4/c1-10(2)16(24)12(8-14(21)18-6-5-7-29(26,27)28)20-17(25)13(9-15(22)23)19-11(3)4;1-7(2)13(21)9(5-11(17)18)16-14(22)10(6-12(19)20)15-8(3)4;1-8-11(9-2,10-3)6-4-5-7;/h10-13,19,26-28H,5-9H2,1-4H3,(H,18,21)(H,20,25)(H,22,23);7-10,15H,5-6H2,1-4H3,(H,16,22)(H,17,18)(H,19,20);4-7H2,1-3H3;1H4. The van der Waals surface area contributed by atoms with Crippen molar-refractivity contribution in [2.75, 3.05) is 34.4 Å². The summed E-state index contributed by atoms with van der Waals surface area (Å²) in [5.74, 6) is -7.19. The number of amides is 3. The summed E-state index contributed by atoms with van der Waals surface area (Å²) in [4.78, 5) is 121. The van der Waals surface area contributed by atoms with Crippen LogP contribution < -0.4 is 32.3 Å². The van der Waals surface area contributed by atoms with E-state index in [2.05, 4.69) is 26.6 Å². The highest BCUT2D eigenvalue weighted by atomic mass is 28.4. The van der Waals surface area contributed by atoms with Crippen molar-refractivity contribution in [1.82, 2.24) is 26.6 Å². The SMILES string of the molecule is C.CC(C)NC(CC(=O)O)C(=O)NC(CC(=O)NCCC[Si](O)(O)O)C(=O)C(C)C.CC(C)NC(CC(=O)O)C(=O)NC(CC(=O)O)C(=O)C(C)C.CO[Si](CCCN)(OC)OC. The number of rotatable bonds is 30. The van der Waals surface area contributed by atoms with Crippen molar-refractivity contribution in [1.29, 1.82) is 0 Å². The molecule has 0 heterocycles. The Kier molecular flexibility index (Phi) is 36.2. The molecule has 0 radical (unpaired) electrons. The van der Waals surface area contributed by atoms with Crippen LogP contribution in [0, 0.1) is 11.8 Å². The molecule has 0 aliphatic heterocycles. The van der Waals surface area contributed by atoms with Crippen molar-refractivity contribution >= 4 is 64.8 Å². The van der Waals surface area contributed by atoms with E-state index < -0.39 is 114 Å². The molecule has 0 aromatic heterocycles. The van der Waals surface area contributed by atoms with Gasteiger partial charge in [0.15, 0.2) is 11.6 Å². The lowest BCUT2D eigenvalue weighted by Crippen LogP contribution is -2.54. The molecule has 25 heteroatoms. The summed E-state index contributed by atoms with van der Waals surface area (Å²) in [6.07, 6.45) is -0.806. The Hall–Kier alpha value is -3.77. The van der Waals surface area contributed by atoms with E-state index in [0.717, 1.165) is 12.5 Å². The van der Waals surface area contributed by atoms with Crippen molar-refractivity contribution in [2.45, 2.75) is 150 Å². The molecule has 3 amide bonds. The molecule has 63 heavy (non-hydrogen) atoms. The molecule has 0 aliphatic carbocycles. The molecule has 0 aromatic carbocycles. The number of Topliss-reactive ketones (excluding diaryl/α,β-unsaturated/α-hetero) is 2. The van der Waals surface area contributed by atoms with Gasteiger partial charge in [0.25, 0.3) is 0 Å². The van der Waals surface area contributed by atoms with Crippen LogP contribution in [0.1, 0.15) is 101 Å². The molecule has 0 aliphatic rings. The highest BCUT2D eigenvalue weighted by Gasteiger charge is 2.37. The molecule has 4 unspecified atom stereocenters. The van der Waals surface area contributed by atoms with Gasteiger partial charge in [0.05, 0.1) is 49.9 Å². The van der Waals surface area contributed by atoms with Gasteiger partial charge in [-0.3, -0.25) is 38.4 Å². The van der Waals surface area contributed by atoms with Crippen LogP contribution in [-0.4, -0.2) is 165 Å². The van der Waals surface area contributed by atoms with E-state index in [-0.39, 0.29) is 50.7 Å². The van der Waals surface area contributed by atoms with Crippen molar-refractivity contribution in [3.05, 3.63) is 0 Å². The molecule has 4 atom stereocenters. The number of carboxylic acids is 3. The number of ketones is 2. The fourth-order valence-electron chi connectivity index (χ4n) is 5.26. The monoisotopic (exact) mass is 946 g/mol. The largest absolute Gasteiger partial charge is 0.500 e. The van der Waals surface area contributed by atoms with Gasteiger partial charge >= 0.3 is 35.5 Å². The molecule has 0 rings (SSSR count). The van der Waals surface area contributed by atoms with E-state index in [1.165, 1.54) is 0 Å². The van der Waals surface area contributed by atoms with Crippen LogP contribution in [-0.2, 0) is 51.6 Å². The summed E-state index contributed by atoms with van der Waals surface area (Å²) >= 11 is 0. The molecule has 0 bridgehead atoms. The van der Waals surface area contributed by atoms with Crippen LogP contribution in [0.25, 0.3) is 0 Å². The smallest absolute Gasteiger partial charge is 0.481 e. The van der Waals surface area contributed by atoms with E-state index in [0.29, 0.717) is 6.54 Å². The van der Waals surface area contributed by atoms with E-state index in [1.54, 1.807) is 76.7 Å². The second-order valence-electron chi connectivity index (χ2n) is 15.4. The molecule has 23 nitrogen and oxygen atoms in total. The molecule has 0 saturated carbocycles. The van der Waals surface area contributed by atoms with Crippen molar-refractivity contribution in [3.8, 4) is 0 Å². The lowest BCUT2D eigenvalue weighted by atomic mass is 9.98. The number of nitrogens with one attached hydrogen (secondary N) is 5. The quantitative estimate of drug-likeness (QED) is 0.0310. The number of nitrogens with two attached hydrogens (primary N) is 1. The first-order valence-electron chi connectivity index (χ1n) is 20.2. The third kappa shape index (κ3) is 33.4. The maximum atomic E-state index is 12.5. The van der Waals surface area contributed by atoms with E-state index in [1.807, 2.05) is 0 Å². The minimum absolute atomic E-state index is 0. The first-order chi connectivity index (χ1) is 28.5. The Bertz CT molecular complexity index is 1390. The molecule has 0 aromatic rings. The number of carbonyl (C=O) groups is 8. The number of aliphatic carboxylic acids is 3. The summed E-state index contributed by atoms with van der Waals surface area (Å²) in [6, 6.07) is -4.17. The fraction of sp³-hybridized carbons (Fsp3) is 0.789. The topological polar surface area (TPSA) is 372 Å². The summed E-state index contributed by atoms with van der Waals surface area (Å²) in [7, 11) is -1.67. The Balaban J connectivity index is -0.000000451. The van der Waals surface area contributed by atoms with Gasteiger partial charge in [0.2, 0.25) is 17.7 Å². The van der Waals surface area contributed by atoms with Crippen LogP contribution in [0.2, 0.25) is 12.1 Å². The Morgan fingerprint density at radius 1 is 0.556 bits per heavy atom. The molecule has 0 spiro atoms. The Morgan fingerprint density at radius 2 is 0.905 bits per heavy atom. The zero-order chi connectivity index (χ0) is 49.0. The van der Waals surface area contributed by atoms with Crippen LogP contribution >= 0.6 is 0 Å². The van der Waals surface area contributed by atoms with Gasteiger partial charge in [-0.2, -0.15) is 0 Å². The summed E-state index contributed by atoms with van der Waals surface area (Å²) < 4.78 is 15.5. The number of carbonyl (C=O) groups excluding carboxylic acids is 5. The van der Waals surface area contributed by atoms with Gasteiger partial charge in [0.1, 0.15) is 0 Å². The predicted molar refractivity (Wildman–Crippen MR) is 236 cm³/mol. The highest BCUT2D eigenvalue weighted by molar-refractivity contribution is 6.60. The van der Waals surface area contributed by atoms with Crippen molar-refractivity contribution < 1.29 is 81.3 Å². The summed E-state index contributed by atoms with van der Waals surface area (Å²) in [5.41, 5.74) is 5.36. The molecule has 0 fully saturated rings. The summed E-state index contributed by atoms with van der Waals surface area (Å²) in [6.45, 7) is 14.1. The zero-order valence-corrected chi connectivity index (χ0v) is 39.9. The third-order valence-electron chi connectivity index (χ3n) is 8.32. The lowest BCUT2D eigenvalue weighted by molar-refractivity contribution is -0.142. The van der Waals surface area contributed by atoms with Crippen LogP contribution in [0.15, 0.2) is 0 Å². The first-order valence-corrected chi connectivity index (χ1v) is 24.1. The minimum Gasteiger partial charge on any atom is -0.481 e. The van der Waals surface area contributed by atoms with E-state index in [4.69, 9.17) is 48.7 Å². The maximum Gasteiger partial charge on any atom is 0.500 e. The van der Waals surface area contributed by atoms with Gasteiger partial charge in [-0.05, 0) is 19.4 Å². The van der Waals surface area contributed by atoms with E-state index >= 15 is 0 Å². The van der Waals surface area contributed by atoms with Crippen LogP contribution in [0.3, 0.4) is 0 Å². The summed E-state index contributed by atoms with van der Waals surface area (Å²) in [5, 5.41) is 39.6. The van der Waals surface area contributed by atoms with Crippen LogP contribution in [0.5, 0.6) is 0 Å². The van der Waals surface area contributed by atoms with Gasteiger partial charge in [-0.25, -0.2) is 0 Å². The molecular weight excluding hydrogens is 869 g/mol. The highest BCUT2D eigenvalue weighted by Crippen LogP contribution is 2.14. The normalized spacial score (nSPS) is 13.3. The predicted octanol–water partition coefficient (Wildman–Crippen LogP) is -0.788. The maximum absolute atomic E-state index is 12.5. The number of hydrogen-bond donors (Lipinski definition) is 12. The van der Waals surface area contributed by atoms with Gasteiger partial charge in [-0.15, -0.1) is 0 Å². The van der Waals surface area contributed by atoms with Crippen LogP contribution in [0.4, 0.5) is 0 Å². The average molecular weight is 947 g/mol. The molecule has 13 N–H and O–H groups in total. The second-order valence-corrected chi connectivity index (χ2v) is 20.5.